The molecule has 0 aliphatic heterocycles. The van der Waals surface area contributed by atoms with Crippen molar-refractivity contribution in [3.05, 3.63) is 59.2 Å². The Hall–Kier alpha value is -4.12. The van der Waals surface area contributed by atoms with E-state index < -0.39 is 30.5 Å². The molecule has 2 aromatic heterocycles. The lowest BCUT2D eigenvalue weighted by Crippen LogP contribution is -2.22. The highest BCUT2D eigenvalue weighted by Crippen LogP contribution is 2.36. The van der Waals surface area contributed by atoms with Gasteiger partial charge in [0.25, 0.3) is 5.91 Å². The fraction of sp³-hybridized carbons (Fsp3) is 0.143. The molecule has 1 aromatic carbocycles. The van der Waals surface area contributed by atoms with E-state index >= 15 is 0 Å². The minimum absolute atomic E-state index is 0.156. The number of nitrogens with one attached hydrogen (secondary N) is 2. The number of nitrogens with two attached hydrogens (primary N) is 1. The predicted molar refractivity (Wildman–Crippen MR) is 117 cm³/mol. The first kappa shape index (κ1) is 22.6. The number of rotatable bonds is 8. The summed E-state index contributed by atoms with van der Waals surface area (Å²) in [4.78, 5) is 47.8. The number of amides is 3. The number of urea groups is 1. The molecule has 3 aromatic rings. The summed E-state index contributed by atoms with van der Waals surface area (Å²) in [7, 11) is 0. The third-order valence-electron chi connectivity index (χ3n) is 4.03. The number of benzene rings is 1. The Morgan fingerprint density at radius 3 is 2.41 bits per heavy atom. The van der Waals surface area contributed by atoms with Gasteiger partial charge in [-0.3, -0.25) is 4.79 Å². The van der Waals surface area contributed by atoms with Crippen LogP contribution in [0, 0.1) is 0 Å². The second-order valence-corrected chi connectivity index (χ2v) is 7.12. The molecule has 0 aliphatic carbocycles. The van der Waals surface area contributed by atoms with Crippen molar-refractivity contribution in [1.82, 2.24) is 0 Å². The van der Waals surface area contributed by atoms with E-state index in [0.29, 0.717) is 17.0 Å². The molecule has 2 heterocycles. The molecule has 0 saturated heterocycles. The number of ether oxygens (including phenoxy) is 2. The van der Waals surface area contributed by atoms with Gasteiger partial charge in [0.05, 0.1) is 18.4 Å². The van der Waals surface area contributed by atoms with E-state index in [1.165, 1.54) is 30.5 Å². The van der Waals surface area contributed by atoms with Gasteiger partial charge in [-0.15, -0.1) is 11.3 Å². The van der Waals surface area contributed by atoms with Crippen LogP contribution >= 0.6 is 11.3 Å². The molecule has 4 N–H and O–H groups in total. The first-order valence-electron chi connectivity index (χ1n) is 9.35. The molecule has 10 nitrogen and oxygen atoms in total. The molecule has 0 atom stereocenters. The molecule has 11 heteroatoms. The number of carbonyl (C=O) groups excluding carboxylic acids is 4. The van der Waals surface area contributed by atoms with Crippen molar-refractivity contribution in [1.29, 1.82) is 0 Å². The van der Waals surface area contributed by atoms with Crippen LogP contribution in [0.1, 0.15) is 27.6 Å². The molecule has 3 rings (SSSR count). The third-order valence-corrected chi connectivity index (χ3v) is 4.93. The van der Waals surface area contributed by atoms with Crippen molar-refractivity contribution in [2.24, 2.45) is 5.73 Å². The number of furan rings is 1. The minimum atomic E-state index is -0.737. The van der Waals surface area contributed by atoms with E-state index in [2.05, 4.69) is 10.6 Å². The van der Waals surface area contributed by atoms with Crippen LogP contribution in [0.2, 0.25) is 0 Å². The van der Waals surface area contributed by atoms with Crippen LogP contribution < -0.4 is 16.4 Å². The first-order chi connectivity index (χ1) is 15.4. The largest absolute Gasteiger partial charge is 0.464 e. The van der Waals surface area contributed by atoms with Crippen molar-refractivity contribution in [3.63, 3.8) is 0 Å². The number of anilines is 2. The average molecular weight is 457 g/mol. The van der Waals surface area contributed by atoms with Gasteiger partial charge >= 0.3 is 18.0 Å². The molecule has 166 valence electrons. The second kappa shape index (κ2) is 10.3. The first-order valence-corrected chi connectivity index (χ1v) is 10.2. The van der Waals surface area contributed by atoms with E-state index in [-0.39, 0.29) is 22.7 Å². The lowest BCUT2D eigenvalue weighted by molar-refractivity contribution is -0.119. The lowest BCUT2D eigenvalue weighted by atomic mass is 10.1. The van der Waals surface area contributed by atoms with Gasteiger partial charge in [-0.1, -0.05) is 0 Å². The Morgan fingerprint density at radius 1 is 1.03 bits per heavy atom. The van der Waals surface area contributed by atoms with Crippen molar-refractivity contribution in [3.8, 4) is 11.3 Å². The number of thiophene rings is 1. The Bertz CT molecular complexity index is 1120. The van der Waals surface area contributed by atoms with Gasteiger partial charge in [0, 0.05) is 16.6 Å². The Labute approximate surface area is 186 Å². The highest BCUT2D eigenvalue weighted by molar-refractivity contribution is 7.15. The van der Waals surface area contributed by atoms with Gasteiger partial charge in [0.1, 0.15) is 16.3 Å². The van der Waals surface area contributed by atoms with Crippen LogP contribution in [0.5, 0.6) is 0 Å². The molecular weight excluding hydrogens is 438 g/mol. The SMILES string of the molecule is CCOC(=O)c1c(-c2ccco2)csc1NC(=O)COC(=O)c1ccc(NC(N)=O)cc1. The fourth-order valence-corrected chi connectivity index (χ4v) is 3.63. The van der Waals surface area contributed by atoms with Crippen LogP contribution in [-0.2, 0) is 14.3 Å². The van der Waals surface area contributed by atoms with Gasteiger partial charge in [0.15, 0.2) is 6.61 Å². The monoisotopic (exact) mass is 457 g/mol. The van der Waals surface area contributed by atoms with Gasteiger partial charge in [-0.05, 0) is 43.3 Å². The summed E-state index contributed by atoms with van der Waals surface area (Å²) >= 11 is 1.12. The lowest BCUT2D eigenvalue weighted by Gasteiger charge is -2.09. The van der Waals surface area contributed by atoms with E-state index in [4.69, 9.17) is 19.6 Å². The van der Waals surface area contributed by atoms with E-state index in [0.717, 1.165) is 11.3 Å². The van der Waals surface area contributed by atoms with E-state index in [9.17, 15) is 19.2 Å². The molecule has 3 amide bonds. The molecule has 0 bridgehead atoms. The third kappa shape index (κ3) is 5.52. The topological polar surface area (TPSA) is 150 Å². The fourth-order valence-electron chi connectivity index (χ4n) is 2.68. The minimum Gasteiger partial charge on any atom is -0.464 e. The van der Waals surface area contributed by atoms with Gasteiger partial charge in [-0.25, -0.2) is 14.4 Å². The van der Waals surface area contributed by atoms with Gasteiger partial charge < -0.3 is 30.3 Å². The summed E-state index contributed by atoms with van der Waals surface area (Å²) in [6, 6.07) is 8.39. The number of carbonyl (C=O) groups is 4. The zero-order chi connectivity index (χ0) is 23.1. The number of hydrogen-bond donors (Lipinski definition) is 3. The quantitative estimate of drug-likeness (QED) is 0.438. The molecule has 0 saturated carbocycles. The van der Waals surface area contributed by atoms with Crippen molar-refractivity contribution in [2.45, 2.75) is 6.92 Å². The Balaban J connectivity index is 1.65. The van der Waals surface area contributed by atoms with Gasteiger partial charge in [0.2, 0.25) is 0 Å². The van der Waals surface area contributed by atoms with Crippen molar-refractivity contribution >= 4 is 45.9 Å². The zero-order valence-electron chi connectivity index (χ0n) is 16.9. The van der Waals surface area contributed by atoms with Crippen LogP contribution in [0.25, 0.3) is 11.3 Å². The Morgan fingerprint density at radius 2 is 1.78 bits per heavy atom. The highest BCUT2D eigenvalue weighted by atomic mass is 32.1. The van der Waals surface area contributed by atoms with Crippen LogP contribution in [-0.4, -0.2) is 37.1 Å². The molecular formula is C21H19N3O7S. The summed E-state index contributed by atoms with van der Waals surface area (Å²) in [5, 5.41) is 6.84. The van der Waals surface area contributed by atoms with Gasteiger partial charge in [-0.2, -0.15) is 0 Å². The van der Waals surface area contributed by atoms with Crippen molar-refractivity contribution < 1.29 is 33.1 Å². The molecule has 0 radical (unpaired) electrons. The van der Waals surface area contributed by atoms with Crippen LogP contribution in [0.4, 0.5) is 15.5 Å². The summed E-state index contributed by atoms with van der Waals surface area (Å²) in [5.41, 5.74) is 6.24. The maximum atomic E-state index is 12.4. The summed E-state index contributed by atoms with van der Waals surface area (Å²) in [5.74, 6) is -1.54. The van der Waals surface area contributed by atoms with E-state index in [1.54, 1.807) is 24.4 Å². The molecule has 0 spiro atoms. The number of hydrogen-bond acceptors (Lipinski definition) is 8. The molecule has 0 fully saturated rings. The maximum Gasteiger partial charge on any atom is 0.341 e. The number of esters is 2. The zero-order valence-corrected chi connectivity index (χ0v) is 17.7. The molecule has 0 aliphatic rings. The normalized spacial score (nSPS) is 10.3. The highest BCUT2D eigenvalue weighted by Gasteiger charge is 2.24. The second-order valence-electron chi connectivity index (χ2n) is 6.24. The predicted octanol–water partition coefficient (Wildman–Crippen LogP) is 3.47. The maximum absolute atomic E-state index is 12.4. The van der Waals surface area contributed by atoms with Crippen LogP contribution in [0.15, 0.2) is 52.5 Å². The van der Waals surface area contributed by atoms with Crippen LogP contribution in [0.3, 0.4) is 0 Å². The summed E-state index contributed by atoms with van der Waals surface area (Å²) in [6.45, 7) is 1.26. The number of primary amides is 1. The standard InChI is InChI=1S/C21H19N3O7S/c1-2-29-20(27)17-14(15-4-3-9-30-15)11-32-18(17)24-16(25)10-31-19(26)12-5-7-13(8-6-12)23-21(22)28/h3-9,11H,2,10H2,1H3,(H,24,25)(H3,22,23,28). The van der Waals surface area contributed by atoms with Crippen molar-refractivity contribution in [2.75, 3.05) is 23.8 Å². The van der Waals surface area contributed by atoms with E-state index in [1.807, 2.05) is 0 Å². The summed E-state index contributed by atoms with van der Waals surface area (Å²) in [6.07, 6.45) is 1.47. The molecule has 32 heavy (non-hydrogen) atoms. The Kier molecular flexibility index (Phi) is 7.24. The summed E-state index contributed by atoms with van der Waals surface area (Å²) < 4.78 is 15.5. The smallest absolute Gasteiger partial charge is 0.341 e. The average Bonchev–Trinajstić information content (AvgIpc) is 3.42. The molecule has 0 unspecified atom stereocenters.